The van der Waals surface area contributed by atoms with Crippen LogP contribution in [-0.2, 0) is 17.8 Å². The summed E-state index contributed by atoms with van der Waals surface area (Å²) < 4.78 is 1.73. The maximum atomic E-state index is 13.1. The zero-order valence-electron chi connectivity index (χ0n) is 17.9. The van der Waals surface area contributed by atoms with Gasteiger partial charge in [-0.15, -0.1) is 11.3 Å². The van der Waals surface area contributed by atoms with Gasteiger partial charge in [0.2, 0.25) is 5.91 Å². The van der Waals surface area contributed by atoms with E-state index in [2.05, 4.69) is 37.3 Å². The first-order valence-electron chi connectivity index (χ1n) is 10.9. The molecule has 2 aliphatic heterocycles. The van der Waals surface area contributed by atoms with Crippen LogP contribution in [0.1, 0.15) is 23.3 Å². The van der Waals surface area contributed by atoms with Crippen molar-refractivity contribution in [3.63, 3.8) is 0 Å². The summed E-state index contributed by atoms with van der Waals surface area (Å²) >= 11 is 1.67. The number of aromatic nitrogens is 5. The number of rotatable bonds is 3. The Balaban J connectivity index is 1.27. The van der Waals surface area contributed by atoms with E-state index in [1.54, 1.807) is 34.7 Å². The summed E-state index contributed by atoms with van der Waals surface area (Å²) in [5, 5.41) is 8.62. The van der Waals surface area contributed by atoms with Crippen LogP contribution in [0.4, 0.5) is 11.6 Å². The minimum Gasteiger partial charge on any atom is -0.337 e. The topological polar surface area (TPSA) is 91.5 Å². The number of carbonyl (C=O) groups excluding carboxylic acids is 1. The van der Waals surface area contributed by atoms with Crippen LogP contribution in [0.15, 0.2) is 31.0 Å². The molecule has 0 spiro atoms. The van der Waals surface area contributed by atoms with Gasteiger partial charge >= 0.3 is 0 Å². The highest BCUT2D eigenvalue weighted by Crippen LogP contribution is 2.38. The molecular formula is C22H24N8OS. The fraction of sp³-hybridized carbons (Fsp3) is 0.409. The van der Waals surface area contributed by atoms with Crippen molar-refractivity contribution in [1.29, 1.82) is 0 Å². The van der Waals surface area contributed by atoms with Gasteiger partial charge in [0.25, 0.3) is 0 Å². The molecule has 0 radical (unpaired) electrons. The predicted octanol–water partition coefficient (Wildman–Crippen LogP) is 2.70. The van der Waals surface area contributed by atoms with Crippen LogP contribution in [0.3, 0.4) is 0 Å². The normalized spacial score (nSPS) is 17.7. The number of nitrogens with zero attached hydrogens (tertiary/aromatic N) is 7. The molecule has 0 aliphatic carbocycles. The van der Waals surface area contributed by atoms with Crippen molar-refractivity contribution in [1.82, 2.24) is 34.4 Å². The highest BCUT2D eigenvalue weighted by atomic mass is 32.1. The van der Waals surface area contributed by atoms with Crippen LogP contribution < -0.4 is 5.32 Å². The number of hydrogen-bond acceptors (Lipinski definition) is 8. The van der Waals surface area contributed by atoms with E-state index < -0.39 is 0 Å². The Hall–Kier alpha value is -3.11. The lowest BCUT2D eigenvalue weighted by molar-refractivity contribution is -0.137. The van der Waals surface area contributed by atoms with Crippen LogP contribution >= 0.6 is 11.3 Å². The number of fused-ring (bicyclic) bond motifs is 4. The molecule has 1 amide bonds. The van der Waals surface area contributed by atoms with Gasteiger partial charge in [-0.1, -0.05) is 0 Å². The van der Waals surface area contributed by atoms with Crippen LogP contribution in [-0.4, -0.2) is 67.0 Å². The Bertz CT molecular complexity index is 1310. The van der Waals surface area contributed by atoms with Crippen LogP contribution in [0.5, 0.6) is 0 Å². The van der Waals surface area contributed by atoms with E-state index in [1.165, 1.54) is 10.4 Å². The van der Waals surface area contributed by atoms with Crippen LogP contribution in [0, 0.1) is 5.92 Å². The summed E-state index contributed by atoms with van der Waals surface area (Å²) in [5.41, 5.74) is 2.22. The lowest BCUT2D eigenvalue weighted by Crippen LogP contribution is -2.43. The third-order valence-electron chi connectivity index (χ3n) is 6.55. The van der Waals surface area contributed by atoms with E-state index in [1.807, 2.05) is 17.0 Å². The second-order valence-electron chi connectivity index (χ2n) is 8.59. The molecule has 0 unspecified atom stereocenters. The van der Waals surface area contributed by atoms with E-state index in [-0.39, 0.29) is 5.92 Å². The lowest BCUT2D eigenvalue weighted by Gasteiger charge is -2.34. The first-order chi connectivity index (χ1) is 15.7. The fourth-order valence-corrected chi connectivity index (χ4v) is 5.95. The zero-order chi connectivity index (χ0) is 21.7. The molecule has 0 aromatic carbocycles. The van der Waals surface area contributed by atoms with Gasteiger partial charge in [0.15, 0.2) is 0 Å². The van der Waals surface area contributed by atoms with Gasteiger partial charge in [-0.25, -0.2) is 19.5 Å². The van der Waals surface area contributed by atoms with E-state index in [0.717, 1.165) is 60.4 Å². The highest BCUT2D eigenvalue weighted by Gasteiger charge is 2.31. The third kappa shape index (κ3) is 3.39. The van der Waals surface area contributed by atoms with Crippen molar-refractivity contribution in [2.24, 2.45) is 5.92 Å². The first-order valence-corrected chi connectivity index (χ1v) is 11.8. The molecule has 1 saturated heterocycles. The molecule has 6 heterocycles. The highest BCUT2D eigenvalue weighted by molar-refractivity contribution is 7.19. The summed E-state index contributed by atoms with van der Waals surface area (Å²) in [7, 11) is 2.13. The van der Waals surface area contributed by atoms with Crippen molar-refractivity contribution in [2.75, 3.05) is 32.0 Å². The monoisotopic (exact) mass is 448 g/mol. The molecule has 1 N–H and O–H groups in total. The summed E-state index contributed by atoms with van der Waals surface area (Å²) in [6, 6.07) is 3.88. The Labute approximate surface area is 189 Å². The summed E-state index contributed by atoms with van der Waals surface area (Å²) in [4.78, 5) is 33.1. The minimum absolute atomic E-state index is 0.156. The van der Waals surface area contributed by atoms with Crippen molar-refractivity contribution < 1.29 is 4.79 Å². The van der Waals surface area contributed by atoms with Crippen molar-refractivity contribution in [2.45, 2.75) is 25.8 Å². The molecule has 10 heteroatoms. The molecule has 2 aliphatic rings. The minimum atomic E-state index is 0.156. The number of amides is 1. The Morgan fingerprint density at radius 1 is 1.19 bits per heavy atom. The molecule has 1 fully saturated rings. The molecule has 32 heavy (non-hydrogen) atoms. The number of thiophene rings is 1. The number of likely N-dealkylation sites (tertiary alicyclic amines) is 1. The second kappa shape index (κ2) is 7.79. The number of piperidine rings is 1. The van der Waals surface area contributed by atoms with Crippen LogP contribution in [0.25, 0.3) is 15.7 Å². The second-order valence-corrected chi connectivity index (χ2v) is 9.68. The maximum Gasteiger partial charge on any atom is 0.226 e. The SMILES string of the molecule is CN1CCC(C(=O)N2CCc3c(sc4ncnc(Nc5cc6ccnn6cn5)c34)C2)CC1. The largest absolute Gasteiger partial charge is 0.337 e. The molecule has 0 atom stereocenters. The van der Waals surface area contributed by atoms with E-state index in [0.29, 0.717) is 18.3 Å². The Morgan fingerprint density at radius 3 is 2.94 bits per heavy atom. The van der Waals surface area contributed by atoms with E-state index in [9.17, 15) is 4.79 Å². The Kier molecular flexibility index (Phi) is 4.76. The smallest absolute Gasteiger partial charge is 0.226 e. The van der Waals surface area contributed by atoms with Gasteiger partial charge in [-0.2, -0.15) is 5.10 Å². The van der Waals surface area contributed by atoms with Gasteiger partial charge in [-0.05, 0) is 51.0 Å². The predicted molar refractivity (Wildman–Crippen MR) is 123 cm³/mol. The molecule has 6 rings (SSSR count). The van der Waals surface area contributed by atoms with Crippen molar-refractivity contribution >= 4 is 44.6 Å². The van der Waals surface area contributed by atoms with Gasteiger partial charge < -0.3 is 15.1 Å². The van der Waals surface area contributed by atoms with Gasteiger partial charge in [0.05, 0.1) is 23.6 Å². The molecule has 164 valence electrons. The maximum absolute atomic E-state index is 13.1. The standard InChI is InChI=1S/C22H24N8OS/c1-28-7-3-14(4-8-28)22(31)29-9-5-16-17(11-29)32-21-19(16)20(23-12-24-21)27-18-10-15-2-6-26-30(15)13-25-18/h2,6,10,12-14H,3-5,7-9,11H2,1H3,(H,23,24,27). The average molecular weight is 449 g/mol. The number of nitrogens with one attached hydrogen (secondary N) is 1. The van der Waals surface area contributed by atoms with Crippen LogP contribution in [0.2, 0.25) is 0 Å². The van der Waals surface area contributed by atoms with E-state index >= 15 is 0 Å². The van der Waals surface area contributed by atoms with Gasteiger partial charge in [0, 0.05) is 23.4 Å². The number of carbonyl (C=O) groups is 1. The molecule has 4 aromatic rings. The third-order valence-corrected chi connectivity index (χ3v) is 7.68. The summed E-state index contributed by atoms with van der Waals surface area (Å²) in [6.07, 6.45) is 7.76. The Morgan fingerprint density at radius 2 is 2.06 bits per heavy atom. The molecular weight excluding hydrogens is 424 g/mol. The average Bonchev–Trinajstić information content (AvgIpc) is 3.43. The number of hydrogen-bond donors (Lipinski definition) is 1. The molecule has 0 bridgehead atoms. The first kappa shape index (κ1) is 19.6. The lowest BCUT2D eigenvalue weighted by atomic mass is 9.94. The fourth-order valence-electron chi connectivity index (χ4n) is 4.74. The van der Waals surface area contributed by atoms with Gasteiger partial charge in [0.1, 0.15) is 29.1 Å². The van der Waals surface area contributed by atoms with Crippen molar-refractivity contribution in [3.8, 4) is 0 Å². The van der Waals surface area contributed by atoms with Crippen molar-refractivity contribution in [3.05, 3.63) is 41.4 Å². The summed E-state index contributed by atoms with van der Waals surface area (Å²) in [6.45, 7) is 3.42. The molecule has 0 saturated carbocycles. The quantitative estimate of drug-likeness (QED) is 0.515. The van der Waals surface area contributed by atoms with Gasteiger partial charge in [-0.3, -0.25) is 4.79 Å². The molecule has 9 nitrogen and oxygen atoms in total. The number of anilines is 2. The summed E-state index contributed by atoms with van der Waals surface area (Å²) in [5.74, 6) is 1.94. The molecule has 4 aromatic heterocycles. The van der Waals surface area contributed by atoms with E-state index in [4.69, 9.17) is 0 Å². The zero-order valence-corrected chi connectivity index (χ0v) is 18.7.